The number of anilines is 1. The number of amides is 2. The van der Waals surface area contributed by atoms with Crippen LogP contribution in [0, 0.1) is 11.8 Å². The topological polar surface area (TPSA) is 105 Å². The van der Waals surface area contributed by atoms with E-state index in [9.17, 15) is 18.0 Å². The highest BCUT2D eigenvalue weighted by atomic mass is 32.2. The zero-order chi connectivity index (χ0) is 21.9. The fourth-order valence-corrected chi connectivity index (χ4v) is 4.83. The minimum Gasteiger partial charge on any atom is -0.497 e. The first-order chi connectivity index (χ1) is 14.2. The van der Waals surface area contributed by atoms with Gasteiger partial charge in [-0.2, -0.15) is 0 Å². The lowest BCUT2D eigenvalue weighted by molar-refractivity contribution is -0.126. The molecule has 2 saturated heterocycles. The molecule has 0 radical (unpaired) electrons. The van der Waals surface area contributed by atoms with E-state index in [1.54, 1.807) is 30.2 Å². The highest BCUT2D eigenvalue weighted by Crippen LogP contribution is 2.36. The van der Waals surface area contributed by atoms with Crippen molar-refractivity contribution in [2.24, 2.45) is 11.8 Å². The Morgan fingerprint density at radius 2 is 1.90 bits per heavy atom. The van der Waals surface area contributed by atoms with Gasteiger partial charge < -0.3 is 19.7 Å². The average Bonchev–Trinajstić information content (AvgIpc) is 3.12. The number of hydrogen-bond donors (Lipinski definition) is 1. The molecule has 0 aliphatic carbocycles. The lowest BCUT2D eigenvalue weighted by Crippen LogP contribution is -2.42. The van der Waals surface area contributed by atoms with Gasteiger partial charge in [0, 0.05) is 38.7 Å². The van der Waals surface area contributed by atoms with Crippen LogP contribution in [0.25, 0.3) is 0 Å². The van der Waals surface area contributed by atoms with Crippen LogP contribution >= 0.6 is 0 Å². The summed E-state index contributed by atoms with van der Waals surface area (Å²) in [5.74, 6) is 0.652. The molecule has 2 amide bonds. The second-order valence-corrected chi connectivity index (χ2v) is 9.78. The van der Waals surface area contributed by atoms with Gasteiger partial charge in [0.05, 0.1) is 32.1 Å². The number of sulfonamides is 1. The Morgan fingerprint density at radius 1 is 1.20 bits per heavy atom. The Kier molecular flexibility index (Phi) is 6.87. The van der Waals surface area contributed by atoms with Crippen molar-refractivity contribution < 1.29 is 27.5 Å². The molecular weight excluding hydrogens is 410 g/mol. The Bertz CT molecular complexity index is 896. The van der Waals surface area contributed by atoms with Crippen LogP contribution in [0.2, 0.25) is 0 Å². The van der Waals surface area contributed by atoms with Crippen LogP contribution in [0.15, 0.2) is 18.2 Å². The number of rotatable bonds is 7. The molecule has 30 heavy (non-hydrogen) atoms. The van der Waals surface area contributed by atoms with Crippen molar-refractivity contribution >= 4 is 27.5 Å². The largest absolute Gasteiger partial charge is 0.497 e. The fourth-order valence-electron chi connectivity index (χ4n) is 3.96. The van der Waals surface area contributed by atoms with Gasteiger partial charge in [0.25, 0.3) is 0 Å². The fraction of sp³-hybridized carbons (Fsp3) is 0.600. The lowest BCUT2D eigenvalue weighted by Gasteiger charge is -2.30. The Morgan fingerprint density at radius 3 is 2.50 bits per heavy atom. The van der Waals surface area contributed by atoms with Crippen molar-refractivity contribution in [1.29, 1.82) is 0 Å². The van der Waals surface area contributed by atoms with Crippen LogP contribution in [0.1, 0.15) is 19.3 Å². The smallest absolute Gasteiger partial charge is 0.227 e. The molecule has 2 aliphatic heterocycles. The number of ether oxygens (including phenoxy) is 2. The first kappa shape index (κ1) is 22.4. The molecule has 1 atom stereocenters. The zero-order valence-electron chi connectivity index (χ0n) is 17.6. The van der Waals surface area contributed by atoms with Crippen LogP contribution in [-0.4, -0.2) is 71.2 Å². The molecule has 2 fully saturated rings. The van der Waals surface area contributed by atoms with Crippen LogP contribution < -0.4 is 19.7 Å². The molecular formula is C20H29N3O6S. The number of hydrogen-bond acceptors (Lipinski definition) is 6. The summed E-state index contributed by atoms with van der Waals surface area (Å²) >= 11 is 0. The van der Waals surface area contributed by atoms with E-state index >= 15 is 0 Å². The SMILES string of the molecule is COc1ccc(OC)c(N2CC(C(=O)NCC3CCN(S(C)(=O)=O)CC3)CC2=O)c1. The Hall–Kier alpha value is -2.33. The van der Waals surface area contributed by atoms with Crippen molar-refractivity contribution in [2.75, 3.05) is 51.6 Å². The molecule has 0 spiro atoms. The maximum atomic E-state index is 12.7. The van der Waals surface area contributed by atoms with Gasteiger partial charge >= 0.3 is 0 Å². The molecule has 2 aliphatic rings. The molecule has 1 N–H and O–H groups in total. The third kappa shape index (κ3) is 5.04. The minimum absolute atomic E-state index is 0.136. The summed E-state index contributed by atoms with van der Waals surface area (Å²) in [5.41, 5.74) is 0.588. The van der Waals surface area contributed by atoms with Crippen molar-refractivity contribution in [3.63, 3.8) is 0 Å². The van der Waals surface area contributed by atoms with Crippen molar-refractivity contribution in [3.05, 3.63) is 18.2 Å². The number of benzene rings is 1. The summed E-state index contributed by atoms with van der Waals surface area (Å²) < 4.78 is 35.3. The highest BCUT2D eigenvalue weighted by molar-refractivity contribution is 7.88. The van der Waals surface area contributed by atoms with E-state index in [-0.39, 0.29) is 30.7 Å². The van der Waals surface area contributed by atoms with Gasteiger partial charge in [-0.25, -0.2) is 12.7 Å². The predicted octanol–water partition coefficient (Wildman–Crippen LogP) is 0.845. The first-order valence-corrected chi connectivity index (χ1v) is 11.8. The minimum atomic E-state index is -3.16. The van der Waals surface area contributed by atoms with Gasteiger partial charge in [-0.3, -0.25) is 9.59 Å². The summed E-state index contributed by atoms with van der Waals surface area (Å²) in [4.78, 5) is 26.8. The van der Waals surface area contributed by atoms with Crippen LogP contribution in [0.4, 0.5) is 5.69 Å². The average molecular weight is 440 g/mol. The normalized spacial score (nSPS) is 21.0. The third-order valence-electron chi connectivity index (χ3n) is 5.78. The number of nitrogens with one attached hydrogen (secondary N) is 1. The van der Waals surface area contributed by atoms with Crippen LogP contribution in [0.3, 0.4) is 0 Å². The molecule has 9 nitrogen and oxygen atoms in total. The van der Waals surface area contributed by atoms with E-state index < -0.39 is 15.9 Å². The van der Waals surface area contributed by atoms with E-state index in [0.29, 0.717) is 49.7 Å². The first-order valence-electron chi connectivity index (χ1n) is 9.98. The van der Waals surface area contributed by atoms with E-state index in [2.05, 4.69) is 5.32 Å². The molecule has 1 aromatic carbocycles. The van der Waals surface area contributed by atoms with Crippen molar-refractivity contribution in [3.8, 4) is 11.5 Å². The molecule has 0 bridgehead atoms. The number of piperidine rings is 1. The van der Waals surface area contributed by atoms with E-state index in [4.69, 9.17) is 9.47 Å². The van der Waals surface area contributed by atoms with Crippen molar-refractivity contribution in [1.82, 2.24) is 9.62 Å². The summed E-state index contributed by atoms with van der Waals surface area (Å²) in [6, 6.07) is 5.21. The van der Waals surface area contributed by atoms with Crippen molar-refractivity contribution in [2.45, 2.75) is 19.3 Å². The van der Waals surface area contributed by atoms with Gasteiger partial charge in [-0.15, -0.1) is 0 Å². The second-order valence-electron chi connectivity index (χ2n) is 7.79. The monoisotopic (exact) mass is 439 g/mol. The molecule has 1 aromatic rings. The van der Waals surface area contributed by atoms with Gasteiger partial charge in [-0.05, 0) is 30.9 Å². The zero-order valence-corrected chi connectivity index (χ0v) is 18.4. The molecule has 2 heterocycles. The van der Waals surface area contributed by atoms with E-state index in [0.717, 1.165) is 0 Å². The number of nitrogens with zero attached hydrogens (tertiary/aromatic N) is 2. The molecule has 166 valence electrons. The molecule has 0 aromatic heterocycles. The van der Waals surface area contributed by atoms with Crippen LogP contribution in [0.5, 0.6) is 11.5 Å². The third-order valence-corrected chi connectivity index (χ3v) is 7.08. The van der Waals surface area contributed by atoms with E-state index in [1.165, 1.54) is 17.7 Å². The molecule has 1 unspecified atom stereocenters. The number of carbonyl (C=O) groups is 2. The van der Waals surface area contributed by atoms with E-state index in [1.807, 2.05) is 0 Å². The second kappa shape index (κ2) is 9.22. The van der Waals surface area contributed by atoms with Gasteiger partial charge in [0.2, 0.25) is 21.8 Å². The molecule has 3 rings (SSSR count). The Balaban J connectivity index is 1.56. The summed E-state index contributed by atoms with van der Waals surface area (Å²) in [6.07, 6.45) is 2.78. The lowest BCUT2D eigenvalue weighted by atomic mass is 9.97. The summed E-state index contributed by atoms with van der Waals surface area (Å²) in [6.45, 7) is 1.72. The quantitative estimate of drug-likeness (QED) is 0.675. The maximum absolute atomic E-state index is 12.7. The van der Waals surface area contributed by atoms with Gasteiger partial charge in [0.15, 0.2) is 0 Å². The number of methoxy groups -OCH3 is 2. The highest BCUT2D eigenvalue weighted by Gasteiger charge is 2.36. The molecule has 10 heteroatoms. The summed E-state index contributed by atoms with van der Waals surface area (Å²) in [5, 5.41) is 2.95. The molecule has 0 saturated carbocycles. The van der Waals surface area contributed by atoms with Crippen LogP contribution in [-0.2, 0) is 19.6 Å². The van der Waals surface area contributed by atoms with Gasteiger partial charge in [0.1, 0.15) is 11.5 Å². The maximum Gasteiger partial charge on any atom is 0.227 e. The predicted molar refractivity (Wildman–Crippen MR) is 112 cm³/mol. The Labute approximate surface area is 177 Å². The summed E-state index contributed by atoms with van der Waals surface area (Å²) in [7, 11) is -0.0768. The number of carbonyl (C=O) groups excluding carboxylic acids is 2. The standard InChI is InChI=1S/C20H29N3O6S/c1-28-16-4-5-18(29-2)17(11-16)23-13-15(10-19(23)24)20(25)21-12-14-6-8-22(9-7-14)30(3,26)27/h4-5,11,14-15H,6-10,12-13H2,1-3H3,(H,21,25). The van der Waals surface area contributed by atoms with Gasteiger partial charge in [-0.1, -0.05) is 0 Å².